The molecule has 0 amide bonds. The number of aromatic nitrogens is 2. The molecule has 0 unspecified atom stereocenters. The Balaban J connectivity index is 1.97. The van der Waals surface area contributed by atoms with E-state index in [0.29, 0.717) is 11.6 Å². The Hall–Kier alpha value is -1.65. The van der Waals surface area contributed by atoms with E-state index in [1.807, 2.05) is 48.2 Å². The largest absolute Gasteiger partial charge is 0.294 e. The van der Waals surface area contributed by atoms with Gasteiger partial charge in [0.15, 0.2) is 5.78 Å². The van der Waals surface area contributed by atoms with Crippen LogP contribution in [0.5, 0.6) is 0 Å². The second-order valence-electron chi connectivity index (χ2n) is 4.91. The van der Waals surface area contributed by atoms with E-state index in [1.165, 1.54) is 0 Å². The van der Waals surface area contributed by atoms with Gasteiger partial charge in [0, 0.05) is 27.6 Å². The van der Waals surface area contributed by atoms with Crippen molar-refractivity contribution < 1.29 is 4.79 Å². The van der Waals surface area contributed by atoms with Crippen LogP contribution in [0.15, 0.2) is 29.6 Å². The lowest BCUT2D eigenvalue weighted by atomic mass is 10.1. The normalized spacial score (nSPS) is 11.2. The average molecular weight is 319 g/mol. The Morgan fingerprint density at radius 2 is 2.14 bits per heavy atom. The first-order chi connectivity index (χ1) is 10.1. The fraction of sp³-hybridized carbons (Fsp3) is 0.250. The third kappa shape index (κ3) is 2.49. The molecule has 3 rings (SSSR count). The van der Waals surface area contributed by atoms with Crippen LogP contribution in [0.3, 0.4) is 0 Å². The standard InChI is InChI=1S/C16H15ClN2OS/c1-3-19-13(16(17)10(2)18-19)8-14(20)12-9-21-15-7-5-4-6-11(12)15/h4-7,9H,3,8H2,1-2H3. The predicted molar refractivity (Wildman–Crippen MR) is 87.5 cm³/mol. The number of nitrogens with zero attached hydrogens (tertiary/aromatic N) is 2. The highest BCUT2D eigenvalue weighted by Gasteiger charge is 2.19. The Bertz CT molecular complexity index is 819. The molecule has 0 fully saturated rings. The van der Waals surface area contributed by atoms with E-state index < -0.39 is 0 Å². The highest BCUT2D eigenvalue weighted by atomic mass is 35.5. The summed E-state index contributed by atoms with van der Waals surface area (Å²) < 4.78 is 2.94. The van der Waals surface area contributed by atoms with Crippen molar-refractivity contribution in [2.24, 2.45) is 0 Å². The van der Waals surface area contributed by atoms with Crippen LogP contribution in [-0.2, 0) is 13.0 Å². The molecule has 0 aliphatic rings. The second kappa shape index (κ2) is 5.62. The molecule has 2 aromatic heterocycles. The van der Waals surface area contributed by atoms with Gasteiger partial charge < -0.3 is 0 Å². The van der Waals surface area contributed by atoms with Crippen molar-refractivity contribution in [1.29, 1.82) is 0 Å². The Morgan fingerprint density at radius 1 is 1.38 bits per heavy atom. The molecule has 0 aliphatic carbocycles. The maximum Gasteiger partial charge on any atom is 0.170 e. The van der Waals surface area contributed by atoms with Gasteiger partial charge in [0.2, 0.25) is 0 Å². The van der Waals surface area contributed by atoms with Gasteiger partial charge in [-0.05, 0) is 19.9 Å². The minimum absolute atomic E-state index is 0.0870. The Kier molecular flexibility index (Phi) is 3.83. The summed E-state index contributed by atoms with van der Waals surface area (Å²) >= 11 is 7.88. The molecule has 5 heteroatoms. The first-order valence-corrected chi connectivity index (χ1v) is 8.08. The summed E-state index contributed by atoms with van der Waals surface area (Å²) in [6.45, 7) is 4.57. The summed E-state index contributed by atoms with van der Waals surface area (Å²) in [6.07, 6.45) is 0.286. The monoisotopic (exact) mass is 318 g/mol. The number of carbonyl (C=O) groups is 1. The molecule has 3 aromatic rings. The number of ketones is 1. The maximum absolute atomic E-state index is 12.6. The van der Waals surface area contributed by atoms with Gasteiger partial charge in [0.1, 0.15) is 0 Å². The molecule has 21 heavy (non-hydrogen) atoms. The molecule has 1 aromatic carbocycles. The highest BCUT2D eigenvalue weighted by molar-refractivity contribution is 7.17. The SMILES string of the molecule is CCn1nc(C)c(Cl)c1CC(=O)c1csc2ccccc12. The van der Waals surface area contributed by atoms with Crippen LogP contribution in [0.4, 0.5) is 0 Å². The second-order valence-corrected chi connectivity index (χ2v) is 6.20. The van der Waals surface area contributed by atoms with E-state index in [0.717, 1.165) is 27.0 Å². The summed E-state index contributed by atoms with van der Waals surface area (Å²) in [6, 6.07) is 7.96. The van der Waals surface area contributed by atoms with Crippen molar-refractivity contribution in [3.05, 3.63) is 51.6 Å². The van der Waals surface area contributed by atoms with Crippen molar-refractivity contribution in [2.75, 3.05) is 0 Å². The molecular formula is C16H15ClN2OS. The number of carbonyl (C=O) groups excluding carboxylic acids is 1. The summed E-state index contributed by atoms with van der Waals surface area (Å²) in [5.74, 6) is 0.0870. The van der Waals surface area contributed by atoms with E-state index in [2.05, 4.69) is 5.10 Å². The molecule has 0 saturated heterocycles. The third-order valence-electron chi connectivity index (χ3n) is 3.56. The summed E-state index contributed by atoms with van der Waals surface area (Å²) in [7, 11) is 0. The van der Waals surface area contributed by atoms with Gasteiger partial charge in [0.25, 0.3) is 0 Å². The van der Waals surface area contributed by atoms with Gasteiger partial charge in [0.05, 0.1) is 22.8 Å². The first kappa shape index (κ1) is 14.3. The molecular weight excluding hydrogens is 304 g/mol. The smallest absolute Gasteiger partial charge is 0.170 e. The lowest BCUT2D eigenvalue weighted by molar-refractivity contribution is 0.0992. The quantitative estimate of drug-likeness (QED) is 0.664. The zero-order chi connectivity index (χ0) is 15.0. The summed E-state index contributed by atoms with van der Waals surface area (Å²) in [5.41, 5.74) is 2.35. The minimum Gasteiger partial charge on any atom is -0.294 e. The van der Waals surface area contributed by atoms with Gasteiger partial charge in [-0.1, -0.05) is 29.8 Å². The molecule has 0 N–H and O–H groups in total. The summed E-state index contributed by atoms with van der Waals surface area (Å²) in [4.78, 5) is 12.6. The summed E-state index contributed by atoms with van der Waals surface area (Å²) in [5, 5.41) is 7.91. The molecule has 0 bridgehead atoms. The van der Waals surface area contributed by atoms with Gasteiger partial charge in [-0.2, -0.15) is 5.10 Å². The minimum atomic E-state index is 0.0870. The number of hydrogen-bond donors (Lipinski definition) is 0. The lowest BCUT2D eigenvalue weighted by Gasteiger charge is -2.04. The van der Waals surface area contributed by atoms with Crippen LogP contribution in [0.25, 0.3) is 10.1 Å². The number of Topliss-reactive ketones (excluding diaryl/α,β-unsaturated/α-hetero) is 1. The first-order valence-electron chi connectivity index (χ1n) is 6.83. The molecule has 0 saturated carbocycles. The van der Waals surface area contributed by atoms with Crippen LogP contribution in [0.1, 0.15) is 28.7 Å². The van der Waals surface area contributed by atoms with Crippen molar-refractivity contribution in [1.82, 2.24) is 9.78 Å². The van der Waals surface area contributed by atoms with Crippen LogP contribution in [-0.4, -0.2) is 15.6 Å². The fourth-order valence-corrected chi connectivity index (χ4v) is 3.65. The van der Waals surface area contributed by atoms with E-state index in [4.69, 9.17) is 11.6 Å². The average Bonchev–Trinajstić information content (AvgIpc) is 3.03. The number of hydrogen-bond acceptors (Lipinski definition) is 3. The van der Waals surface area contributed by atoms with Crippen LogP contribution >= 0.6 is 22.9 Å². The fourth-order valence-electron chi connectivity index (χ4n) is 2.48. The molecule has 3 nitrogen and oxygen atoms in total. The van der Waals surface area contributed by atoms with Crippen molar-refractivity contribution in [3.63, 3.8) is 0 Å². The third-order valence-corrected chi connectivity index (χ3v) is 5.02. The maximum atomic E-state index is 12.6. The Morgan fingerprint density at radius 3 is 2.90 bits per heavy atom. The van der Waals surface area contributed by atoms with E-state index >= 15 is 0 Å². The molecule has 2 heterocycles. The molecule has 0 atom stereocenters. The predicted octanol–water partition coefficient (Wildman–Crippen LogP) is 4.50. The molecule has 0 aliphatic heterocycles. The van der Waals surface area contributed by atoms with Crippen LogP contribution in [0.2, 0.25) is 5.02 Å². The van der Waals surface area contributed by atoms with Gasteiger partial charge in [-0.3, -0.25) is 9.48 Å². The zero-order valence-corrected chi connectivity index (χ0v) is 13.5. The Labute approximate surface area is 132 Å². The molecule has 0 spiro atoms. The van der Waals surface area contributed by atoms with Gasteiger partial charge in [-0.15, -0.1) is 11.3 Å². The van der Waals surface area contributed by atoms with Crippen molar-refractivity contribution in [2.45, 2.75) is 26.8 Å². The molecule has 0 radical (unpaired) electrons. The van der Waals surface area contributed by atoms with Gasteiger partial charge >= 0.3 is 0 Å². The number of halogens is 1. The topological polar surface area (TPSA) is 34.9 Å². The number of rotatable bonds is 4. The number of benzene rings is 1. The number of fused-ring (bicyclic) bond motifs is 1. The number of aryl methyl sites for hydroxylation is 2. The van der Waals surface area contributed by atoms with Crippen molar-refractivity contribution in [3.8, 4) is 0 Å². The number of thiophene rings is 1. The lowest BCUT2D eigenvalue weighted by Crippen LogP contribution is -2.09. The zero-order valence-electron chi connectivity index (χ0n) is 11.9. The molecule has 108 valence electrons. The van der Waals surface area contributed by atoms with Crippen LogP contribution < -0.4 is 0 Å². The van der Waals surface area contributed by atoms with E-state index in [-0.39, 0.29) is 12.2 Å². The van der Waals surface area contributed by atoms with E-state index in [9.17, 15) is 4.79 Å². The highest BCUT2D eigenvalue weighted by Crippen LogP contribution is 2.28. The van der Waals surface area contributed by atoms with Crippen LogP contribution in [0, 0.1) is 6.92 Å². The van der Waals surface area contributed by atoms with Crippen molar-refractivity contribution >= 4 is 38.8 Å². The van der Waals surface area contributed by atoms with E-state index in [1.54, 1.807) is 11.3 Å². The van der Waals surface area contributed by atoms with Gasteiger partial charge in [-0.25, -0.2) is 0 Å².